The van der Waals surface area contributed by atoms with Crippen LogP contribution in [0.5, 0.6) is 0 Å². The molecule has 1 spiro atoms. The van der Waals surface area contributed by atoms with Gasteiger partial charge in [0, 0.05) is 36.1 Å². The van der Waals surface area contributed by atoms with Crippen molar-refractivity contribution in [3.8, 4) is 22.5 Å². The molecule has 4 aliphatic carbocycles. The Kier molecular flexibility index (Phi) is 5.23. The molecular weight excluding hydrogens is 509 g/mol. The number of furan rings is 1. The molecule has 2 bridgehead atoms. The normalized spacial score (nSPS) is 23.4. The summed E-state index contributed by atoms with van der Waals surface area (Å²) in [6.07, 6.45) is 3.62. The second-order valence-corrected chi connectivity index (χ2v) is 11.3. The van der Waals surface area contributed by atoms with Crippen LogP contribution in [0.15, 0.2) is 65.1 Å². The zero-order valence-electron chi connectivity index (χ0n) is 22.2. The maximum Gasteiger partial charge on any atom is 0.255 e. The Balaban J connectivity index is 1.34. The van der Waals surface area contributed by atoms with E-state index in [1.54, 1.807) is 31.3 Å². The van der Waals surface area contributed by atoms with Gasteiger partial charge < -0.3 is 20.4 Å². The molecule has 8 heteroatoms. The van der Waals surface area contributed by atoms with Gasteiger partial charge in [-0.05, 0) is 95.8 Å². The van der Waals surface area contributed by atoms with Crippen LogP contribution in [-0.2, 0) is 11.2 Å². The first kappa shape index (κ1) is 24.6. The Morgan fingerprint density at radius 2 is 1.73 bits per heavy atom. The molecule has 0 saturated heterocycles. The van der Waals surface area contributed by atoms with Gasteiger partial charge in [-0.1, -0.05) is 12.1 Å². The highest BCUT2D eigenvalue weighted by Gasteiger charge is 2.88. The summed E-state index contributed by atoms with van der Waals surface area (Å²) in [5.74, 6) is -0.106. The molecule has 4 saturated carbocycles. The van der Waals surface area contributed by atoms with Crippen LogP contribution in [0.1, 0.15) is 45.5 Å². The van der Waals surface area contributed by atoms with Gasteiger partial charge in [-0.15, -0.1) is 0 Å². The van der Waals surface area contributed by atoms with Crippen LogP contribution in [0.3, 0.4) is 0 Å². The zero-order chi connectivity index (χ0) is 27.8. The smallest absolute Gasteiger partial charge is 0.255 e. The molecule has 7 nitrogen and oxygen atoms in total. The molecule has 3 amide bonds. The summed E-state index contributed by atoms with van der Waals surface area (Å²) in [6.45, 7) is 0. The quantitative estimate of drug-likeness (QED) is 0.314. The summed E-state index contributed by atoms with van der Waals surface area (Å²) in [6, 6.07) is 16.7. The lowest BCUT2D eigenvalue weighted by Gasteiger charge is -2.57. The fraction of sp³-hybridized carbons (Fsp3) is 0.281. The molecular formula is C32H28FN3O4. The van der Waals surface area contributed by atoms with E-state index >= 15 is 0 Å². The first-order valence-corrected chi connectivity index (χ1v) is 13.5. The van der Waals surface area contributed by atoms with Gasteiger partial charge >= 0.3 is 0 Å². The third-order valence-electron chi connectivity index (χ3n) is 9.29. The monoisotopic (exact) mass is 537 g/mol. The molecule has 3 N–H and O–H groups in total. The highest BCUT2D eigenvalue weighted by Crippen LogP contribution is 2.87. The van der Waals surface area contributed by atoms with Gasteiger partial charge in [0.2, 0.25) is 5.91 Å². The van der Waals surface area contributed by atoms with Gasteiger partial charge in [-0.2, -0.15) is 0 Å². The molecule has 0 radical (unpaired) electrons. The van der Waals surface area contributed by atoms with E-state index in [0.29, 0.717) is 50.3 Å². The second kappa shape index (κ2) is 8.52. The van der Waals surface area contributed by atoms with Crippen molar-refractivity contribution < 1.29 is 23.2 Å². The molecule has 0 aliphatic heterocycles. The molecule has 4 fully saturated rings. The molecule has 1 aromatic heterocycles. The van der Waals surface area contributed by atoms with E-state index < -0.39 is 5.82 Å². The van der Waals surface area contributed by atoms with Crippen molar-refractivity contribution in [2.24, 2.45) is 11.3 Å². The molecule has 4 aromatic rings. The predicted molar refractivity (Wildman–Crippen MR) is 148 cm³/mol. The predicted octanol–water partition coefficient (Wildman–Crippen LogP) is 4.84. The summed E-state index contributed by atoms with van der Waals surface area (Å²) in [5.41, 5.74) is 4.37. The van der Waals surface area contributed by atoms with Crippen LogP contribution < -0.4 is 16.0 Å². The van der Waals surface area contributed by atoms with Crippen LogP contribution in [0.4, 0.5) is 4.39 Å². The lowest BCUT2D eigenvalue weighted by molar-refractivity contribution is -0.119. The highest BCUT2D eigenvalue weighted by molar-refractivity contribution is 6.12. The molecule has 1 unspecified atom stereocenters. The molecule has 4 aliphatic rings. The Morgan fingerprint density at radius 3 is 2.35 bits per heavy atom. The fourth-order valence-corrected chi connectivity index (χ4v) is 6.94. The van der Waals surface area contributed by atoms with E-state index in [1.165, 1.54) is 32.0 Å². The maximum absolute atomic E-state index is 13.6. The van der Waals surface area contributed by atoms with Crippen LogP contribution in [0, 0.1) is 17.2 Å². The number of nitrogens with one attached hydrogen (secondary N) is 3. The number of hydrogen-bond acceptors (Lipinski definition) is 4. The van der Waals surface area contributed by atoms with Gasteiger partial charge in [0.15, 0.2) is 0 Å². The average Bonchev–Trinajstić information content (AvgIpc) is 3.18. The van der Waals surface area contributed by atoms with E-state index in [2.05, 4.69) is 16.0 Å². The van der Waals surface area contributed by atoms with Crippen molar-refractivity contribution in [1.29, 1.82) is 0 Å². The van der Waals surface area contributed by atoms with Gasteiger partial charge in [-0.25, -0.2) is 4.39 Å². The largest absolute Gasteiger partial charge is 0.455 e. The van der Waals surface area contributed by atoms with E-state index in [4.69, 9.17) is 4.42 Å². The van der Waals surface area contributed by atoms with Crippen LogP contribution in [-0.4, -0.2) is 37.4 Å². The minimum atomic E-state index is -0.397. The summed E-state index contributed by atoms with van der Waals surface area (Å²) in [5, 5.41) is 9.19. The van der Waals surface area contributed by atoms with Crippen molar-refractivity contribution in [1.82, 2.24) is 16.0 Å². The molecule has 1 heterocycles. The first-order valence-electron chi connectivity index (χ1n) is 13.5. The fourth-order valence-electron chi connectivity index (χ4n) is 6.94. The Morgan fingerprint density at radius 1 is 0.950 bits per heavy atom. The highest BCUT2D eigenvalue weighted by atomic mass is 19.1. The van der Waals surface area contributed by atoms with E-state index in [9.17, 15) is 18.8 Å². The second-order valence-electron chi connectivity index (χ2n) is 11.3. The summed E-state index contributed by atoms with van der Waals surface area (Å²) >= 11 is 0. The number of hydrogen-bond donors (Lipinski definition) is 3. The molecule has 8 rings (SSSR count). The number of amides is 3. The summed E-state index contributed by atoms with van der Waals surface area (Å²) in [4.78, 5) is 38.8. The number of rotatable bonds is 7. The SMILES string of the molecule is CNC(=O)Cc1cc2oc(-c3ccc(F)cc3)c(C(=O)NC)c2cc1-c1cccc(C(=O)NC23CC24CC3C4)c1. The number of carbonyl (C=O) groups excluding carboxylic acids is 3. The molecule has 202 valence electrons. The lowest BCUT2D eigenvalue weighted by atomic mass is 9.52. The van der Waals surface area contributed by atoms with E-state index in [-0.39, 0.29) is 29.7 Å². The first-order chi connectivity index (χ1) is 19.3. The third-order valence-corrected chi connectivity index (χ3v) is 9.29. The molecule has 40 heavy (non-hydrogen) atoms. The minimum absolute atomic E-state index is 0.0132. The Labute approximate surface area is 230 Å². The van der Waals surface area contributed by atoms with Crippen molar-refractivity contribution in [2.75, 3.05) is 14.1 Å². The number of halogens is 1. The third kappa shape index (κ3) is 3.44. The van der Waals surface area contributed by atoms with Crippen molar-refractivity contribution in [2.45, 2.75) is 31.2 Å². The van der Waals surface area contributed by atoms with Gasteiger partial charge in [0.25, 0.3) is 11.8 Å². The van der Waals surface area contributed by atoms with Gasteiger partial charge in [0.1, 0.15) is 17.2 Å². The topological polar surface area (TPSA) is 100 Å². The average molecular weight is 538 g/mol. The zero-order valence-corrected chi connectivity index (χ0v) is 22.2. The number of carbonyl (C=O) groups is 3. The van der Waals surface area contributed by atoms with Gasteiger partial charge in [-0.3, -0.25) is 14.4 Å². The number of benzene rings is 3. The Hall–Kier alpha value is -4.46. The molecule has 3 aromatic carbocycles. The maximum atomic E-state index is 13.6. The van der Waals surface area contributed by atoms with Crippen LogP contribution in [0.25, 0.3) is 33.4 Å². The molecule has 1 atom stereocenters. The van der Waals surface area contributed by atoms with Crippen LogP contribution >= 0.6 is 0 Å². The number of fused-ring (bicyclic) bond motifs is 1. The van der Waals surface area contributed by atoms with E-state index in [1.807, 2.05) is 24.3 Å². The summed E-state index contributed by atoms with van der Waals surface area (Å²) < 4.78 is 19.8. The van der Waals surface area contributed by atoms with Crippen molar-refractivity contribution in [3.63, 3.8) is 0 Å². The summed E-state index contributed by atoms with van der Waals surface area (Å²) in [7, 11) is 3.11. The van der Waals surface area contributed by atoms with E-state index in [0.717, 1.165) is 17.5 Å². The standard InChI is InChI=1S/C32H28FN3O4/c1-34-26(37)12-20-11-25-24(27(30(39)35-2)28(40-25)17-6-8-22(33)9-7-17)13-23(20)18-4-3-5-19(10-18)29(38)36-32-16-31(32)14-21(32)15-31/h3-11,13,21H,12,14-16H2,1-2H3,(H,34,37)(H,35,39)(H,36,38). The lowest BCUT2D eigenvalue weighted by Crippen LogP contribution is -2.63. The minimum Gasteiger partial charge on any atom is -0.455 e. The van der Waals surface area contributed by atoms with Gasteiger partial charge in [0.05, 0.1) is 12.0 Å². The number of likely N-dealkylation sites (N-methyl/N-ethyl adjacent to an activating group) is 1. The Bertz CT molecular complexity index is 1740. The van der Waals surface area contributed by atoms with Crippen molar-refractivity contribution >= 4 is 28.7 Å². The van der Waals surface area contributed by atoms with Crippen molar-refractivity contribution in [3.05, 3.63) is 83.2 Å². The van der Waals surface area contributed by atoms with Crippen LogP contribution in [0.2, 0.25) is 0 Å².